The van der Waals surface area contributed by atoms with Crippen LogP contribution in [0.2, 0.25) is 0 Å². The molecule has 0 aliphatic heterocycles. The van der Waals surface area contributed by atoms with Crippen molar-refractivity contribution in [2.24, 2.45) is 5.41 Å². The average molecular weight is 459 g/mol. The molecule has 0 saturated heterocycles. The molecule has 2 aromatic heterocycles. The van der Waals surface area contributed by atoms with Crippen LogP contribution in [0, 0.1) is 22.6 Å². The van der Waals surface area contributed by atoms with Crippen LogP contribution in [0.5, 0.6) is 0 Å². The summed E-state index contributed by atoms with van der Waals surface area (Å²) in [6, 6.07) is 5.95. The first kappa shape index (κ1) is 22.7. The van der Waals surface area contributed by atoms with Gasteiger partial charge in [0.1, 0.15) is 17.6 Å². The zero-order valence-corrected chi connectivity index (χ0v) is 19.1. The first-order valence-corrected chi connectivity index (χ1v) is 11.4. The predicted molar refractivity (Wildman–Crippen MR) is 122 cm³/mol. The second-order valence-corrected chi connectivity index (χ2v) is 10.6. The van der Waals surface area contributed by atoms with Crippen molar-refractivity contribution in [3.63, 3.8) is 0 Å². The molecule has 32 heavy (non-hydrogen) atoms. The minimum atomic E-state index is -2.85. The maximum atomic E-state index is 15.3. The first-order chi connectivity index (χ1) is 15.2. The molecule has 2 heterocycles. The van der Waals surface area contributed by atoms with E-state index in [9.17, 15) is 14.0 Å². The molecular weight excluding hydrogens is 433 g/mol. The Bertz CT molecular complexity index is 1190. The van der Waals surface area contributed by atoms with E-state index in [0.29, 0.717) is 18.3 Å². The molecule has 168 valence electrons. The van der Waals surface area contributed by atoms with Gasteiger partial charge >= 0.3 is 0 Å². The number of hydrogen-bond acceptors (Lipinski definition) is 4. The van der Waals surface area contributed by atoms with Crippen LogP contribution >= 0.6 is 11.9 Å². The lowest BCUT2D eigenvalue weighted by Crippen LogP contribution is -2.14. The van der Waals surface area contributed by atoms with Crippen LogP contribution in [0.25, 0.3) is 22.0 Å². The van der Waals surface area contributed by atoms with Crippen molar-refractivity contribution < 1.29 is 13.2 Å². The number of halogens is 3. The van der Waals surface area contributed by atoms with Gasteiger partial charge in [-0.25, -0.2) is 18.2 Å². The predicted octanol–water partition coefficient (Wildman–Crippen LogP) is 6.60. The number of hydrogen-bond donors (Lipinski definition) is 1. The SMILES string of the molecule is CC(C)(C)Cn1cc(CNSC2CC2)c2cc(F)c(-c3c(C(F)F)ccnc3C#N)cc21. The Morgan fingerprint density at radius 2 is 2.06 bits per heavy atom. The standard InChI is InChI=1S/C24H25F3N4S/c1-24(2,3)13-31-12-14(11-30-32-15-4-5-15)17-8-19(25)18(9-21(17)31)22-16(23(26)27)6-7-29-20(22)10-28/h6-9,12,15,23,30H,4-5,11,13H2,1-3H3. The maximum Gasteiger partial charge on any atom is 0.264 e. The second kappa shape index (κ2) is 8.80. The lowest BCUT2D eigenvalue weighted by Gasteiger charge is -2.20. The molecule has 1 aliphatic carbocycles. The number of rotatable bonds is 7. The summed E-state index contributed by atoms with van der Waals surface area (Å²) in [7, 11) is 0. The van der Waals surface area contributed by atoms with E-state index in [1.54, 1.807) is 18.0 Å². The molecule has 3 aromatic rings. The number of nitrogens with one attached hydrogen (secondary N) is 1. The quantitative estimate of drug-likeness (QED) is 0.406. The third-order valence-corrected chi connectivity index (χ3v) is 6.44. The van der Waals surface area contributed by atoms with E-state index in [2.05, 4.69) is 30.5 Å². The number of pyridine rings is 1. The highest BCUT2D eigenvalue weighted by molar-refractivity contribution is 7.98. The highest BCUT2D eigenvalue weighted by Gasteiger charge is 2.25. The minimum Gasteiger partial charge on any atom is -0.347 e. The largest absolute Gasteiger partial charge is 0.347 e. The van der Waals surface area contributed by atoms with Crippen molar-refractivity contribution in [3.05, 3.63) is 53.2 Å². The third-order valence-electron chi connectivity index (χ3n) is 5.33. The molecular formula is C24H25F3N4S. The Balaban J connectivity index is 1.87. The van der Waals surface area contributed by atoms with Crippen molar-refractivity contribution in [3.8, 4) is 17.2 Å². The molecule has 0 atom stereocenters. The van der Waals surface area contributed by atoms with Gasteiger partial charge in [0.2, 0.25) is 0 Å². The van der Waals surface area contributed by atoms with Crippen LogP contribution in [-0.2, 0) is 13.1 Å². The summed E-state index contributed by atoms with van der Waals surface area (Å²) in [6.45, 7) is 7.56. The molecule has 1 fully saturated rings. The van der Waals surface area contributed by atoms with Gasteiger partial charge in [-0.1, -0.05) is 32.7 Å². The van der Waals surface area contributed by atoms with Crippen LogP contribution in [0.1, 0.15) is 56.9 Å². The fourth-order valence-corrected chi connectivity index (χ4v) is 4.65. The van der Waals surface area contributed by atoms with Gasteiger partial charge in [0.25, 0.3) is 6.43 Å². The topological polar surface area (TPSA) is 53.6 Å². The minimum absolute atomic E-state index is 0.0300. The molecule has 1 saturated carbocycles. The number of nitrogens with zero attached hydrogens (tertiary/aromatic N) is 3. The lowest BCUT2D eigenvalue weighted by atomic mass is 9.95. The van der Waals surface area contributed by atoms with Crippen molar-refractivity contribution in [2.75, 3.05) is 0 Å². The van der Waals surface area contributed by atoms with E-state index in [4.69, 9.17) is 0 Å². The third kappa shape index (κ3) is 4.79. The summed E-state index contributed by atoms with van der Waals surface area (Å²) >= 11 is 1.70. The number of aromatic nitrogens is 2. The van der Waals surface area contributed by atoms with Gasteiger partial charge in [-0.3, -0.25) is 4.72 Å². The van der Waals surface area contributed by atoms with Crippen molar-refractivity contribution in [1.82, 2.24) is 14.3 Å². The summed E-state index contributed by atoms with van der Waals surface area (Å²) in [5, 5.41) is 10.8. The van der Waals surface area contributed by atoms with Gasteiger partial charge in [0.05, 0.1) is 0 Å². The van der Waals surface area contributed by atoms with Crippen LogP contribution in [0.4, 0.5) is 13.2 Å². The Morgan fingerprint density at radius 1 is 1.31 bits per heavy atom. The number of alkyl halides is 2. The Morgan fingerprint density at radius 3 is 2.69 bits per heavy atom. The molecule has 0 bridgehead atoms. The van der Waals surface area contributed by atoms with Gasteiger partial charge in [-0.05, 0) is 42.0 Å². The molecule has 1 aromatic carbocycles. The zero-order chi connectivity index (χ0) is 23.0. The number of benzene rings is 1. The van der Waals surface area contributed by atoms with Crippen molar-refractivity contribution in [2.45, 2.75) is 58.4 Å². The Kier molecular flexibility index (Phi) is 6.24. The van der Waals surface area contributed by atoms with Crippen LogP contribution in [-0.4, -0.2) is 14.8 Å². The normalized spacial score (nSPS) is 14.3. The van der Waals surface area contributed by atoms with Gasteiger partial charge in [0.15, 0.2) is 0 Å². The summed E-state index contributed by atoms with van der Waals surface area (Å²) in [5.74, 6) is -0.645. The molecule has 1 aliphatic rings. The Hall–Kier alpha value is -2.50. The number of nitriles is 1. The molecule has 4 rings (SSSR count). The smallest absolute Gasteiger partial charge is 0.264 e. The molecule has 0 spiro atoms. The molecule has 0 radical (unpaired) electrons. The highest BCUT2D eigenvalue weighted by atomic mass is 32.2. The molecule has 4 nitrogen and oxygen atoms in total. The van der Waals surface area contributed by atoms with E-state index in [0.717, 1.165) is 28.7 Å². The fraction of sp³-hybridized carbons (Fsp3) is 0.417. The van der Waals surface area contributed by atoms with E-state index in [1.165, 1.54) is 18.9 Å². The van der Waals surface area contributed by atoms with E-state index < -0.39 is 17.8 Å². The van der Waals surface area contributed by atoms with E-state index in [1.807, 2.05) is 16.8 Å². The summed E-state index contributed by atoms with van der Waals surface area (Å²) in [6.07, 6.45) is 2.72. The van der Waals surface area contributed by atoms with Crippen LogP contribution < -0.4 is 4.72 Å². The maximum absolute atomic E-state index is 15.3. The second-order valence-electron chi connectivity index (χ2n) is 9.37. The monoisotopic (exact) mass is 458 g/mol. The first-order valence-electron chi connectivity index (χ1n) is 10.5. The average Bonchev–Trinajstić information content (AvgIpc) is 3.49. The van der Waals surface area contributed by atoms with E-state index >= 15 is 4.39 Å². The number of fused-ring (bicyclic) bond motifs is 1. The summed E-state index contributed by atoms with van der Waals surface area (Å²) < 4.78 is 48.2. The molecule has 8 heteroatoms. The van der Waals surface area contributed by atoms with Crippen molar-refractivity contribution >= 4 is 22.9 Å². The summed E-state index contributed by atoms with van der Waals surface area (Å²) in [5.41, 5.74) is 0.869. The lowest BCUT2D eigenvalue weighted by molar-refractivity contribution is 0.152. The Labute approximate surface area is 190 Å². The van der Waals surface area contributed by atoms with Gasteiger partial charge in [0, 0.05) is 58.3 Å². The van der Waals surface area contributed by atoms with Gasteiger partial charge in [-0.2, -0.15) is 5.26 Å². The highest BCUT2D eigenvalue weighted by Crippen LogP contribution is 2.38. The van der Waals surface area contributed by atoms with Crippen molar-refractivity contribution in [1.29, 1.82) is 5.26 Å². The summed E-state index contributed by atoms with van der Waals surface area (Å²) in [4.78, 5) is 3.91. The van der Waals surface area contributed by atoms with Crippen LogP contribution in [0.15, 0.2) is 30.6 Å². The fourth-order valence-electron chi connectivity index (χ4n) is 3.81. The van der Waals surface area contributed by atoms with E-state index in [-0.39, 0.29) is 22.2 Å². The van der Waals surface area contributed by atoms with Crippen LogP contribution in [0.3, 0.4) is 0 Å². The molecule has 0 amide bonds. The zero-order valence-electron chi connectivity index (χ0n) is 18.3. The van der Waals surface area contributed by atoms with Gasteiger partial charge in [-0.15, -0.1) is 0 Å². The molecule has 0 unspecified atom stereocenters. The molecule has 1 N–H and O–H groups in total. The van der Waals surface area contributed by atoms with Gasteiger partial charge < -0.3 is 4.57 Å².